The zero-order valence-electron chi connectivity index (χ0n) is 11.9. The predicted octanol–water partition coefficient (Wildman–Crippen LogP) is 4.28. The normalized spacial score (nSPS) is 10.1. The lowest BCUT2D eigenvalue weighted by atomic mass is 9.98. The maximum atomic E-state index is 12.5. The molecule has 0 aliphatic carbocycles. The Bertz CT molecular complexity index is 644. The number of carbonyl (C=O) groups excluding carboxylic acids is 1. The van der Waals surface area contributed by atoms with Gasteiger partial charge in [-0.05, 0) is 43.0 Å². The third-order valence-corrected chi connectivity index (χ3v) is 3.34. The summed E-state index contributed by atoms with van der Waals surface area (Å²) >= 11 is 0. The summed E-state index contributed by atoms with van der Waals surface area (Å²) in [5.74, 6) is -0.0609. The molecule has 2 rings (SSSR count). The number of carbonyl (C=O) groups is 1. The largest absolute Gasteiger partial charge is 0.322 e. The summed E-state index contributed by atoms with van der Waals surface area (Å²) in [7, 11) is 0. The summed E-state index contributed by atoms with van der Waals surface area (Å²) in [6.07, 6.45) is 2.51. The van der Waals surface area contributed by atoms with Crippen molar-refractivity contribution in [2.75, 3.05) is 5.32 Å². The summed E-state index contributed by atoms with van der Waals surface area (Å²) in [6, 6.07) is 13.7. The molecule has 0 spiro atoms. The molecule has 1 amide bonds. The lowest BCUT2D eigenvalue weighted by Crippen LogP contribution is -2.16. The van der Waals surface area contributed by atoms with Crippen LogP contribution >= 0.6 is 0 Å². The van der Waals surface area contributed by atoms with Crippen molar-refractivity contribution in [2.24, 2.45) is 0 Å². The summed E-state index contributed by atoms with van der Waals surface area (Å²) in [4.78, 5) is 12.5. The Balaban J connectivity index is 2.34. The first kappa shape index (κ1) is 14.1. The molecule has 0 aromatic heterocycles. The van der Waals surface area contributed by atoms with E-state index in [2.05, 4.69) is 11.9 Å². The third-order valence-electron chi connectivity index (χ3n) is 3.34. The number of aryl methyl sites for hydroxylation is 2. The van der Waals surface area contributed by atoms with E-state index >= 15 is 0 Å². The second-order valence-corrected chi connectivity index (χ2v) is 4.87. The molecule has 102 valence electrons. The lowest BCUT2D eigenvalue weighted by molar-refractivity contribution is 0.102. The van der Waals surface area contributed by atoms with Gasteiger partial charge in [-0.1, -0.05) is 42.5 Å². The van der Waals surface area contributed by atoms with Crippen molar-refractivity contribution in [2.45, 2.75) is 20.3 Å². The fourth-order valence-electron chi connectivity index (χ4n) is 2.28. The molecule has 2 nitrogen and oxygen atoms in total. The molecule has 2 heteroatoms. The number of hydrogen-bond donors (Lipinski definition) is 1. The van der Waals surface area contributed by atoms with Crippen molar-refractivity contribution in [1.82, 2.24) is 0 Å². The maximum Gasteiger partial charge on any atom is 0.256 e. The van der Waals surface area contributed by atoms with Gasteiger partial charge in [-0.15, -0.1) is 6.58 Å². The molecular weight excluding hydrogens is 246 g/mol. The van der Waals surface area contributed by atoms with Crippen LogP contribution in [0, 0.1) is 13.8 Å². The van der Waals surface area contributed by atoms with Crippen LogP contribution in [0.1, 0.15) is 27.0 Å². The lowest BCUT2D eigenvalue weighted by Gasteiger charge is -2.13. The fraction of sp³-hybridized carbons (Fsp3) is 0.167. The van der Waals surface area contributed by atoms with Gasteiger partial charge in [0.05, 0.1) is 0 Å². The van der Waals surface area contributed by atoms with Crippen LogP contribution in [-0.4, -0.2) is 5.91 Å². The predicted molar refractivity (Wildman–Crippen MR) is 84.2 cm³/mol. The van der Waals surface area contributed by atoms with Gasteiger partial charge in [0, 0.05) is 11.3 Å². The van der Waals surface area contributed by atoms with E-state index in [1.54, 1.807) is 0 Å². The Hall–Kier alpha value is -2.35. The third kappa shape index (κ3) is 2.97. The highest BCUT2D eigenvalue weighted by Gasteiger charge is 2.14. The Kier molecular flexibility index (Phi) is 4.36. The SMILES string of the molecule is C=CCc1cccc(C)c1C(=O)Nc1ccccc1C. The van der Waals surface area contributed by atoms with E-state index in [0.29, 0.717) is 6.42 Å². The van der Waals surface area contributed by atoms with Gasteiger partial charge in [-0.25, -0.2) is 0 Å². The quantitative estimate of drug-likeness (QED) is 0.821. The van der Waals surface area contributed by atoms with Gasteiger partial charge in [0.15, 0.2) is 0 Å². The minimum absolute atomic E-state index is 0.0609. The molecule has 0 saturated carbocycles. The molecule has 0 aliphatic rings. The van der Waals surface area contributed by atoms with E-state index in [9.17, 15) is 4.79 Å². The fourth-order valence-corrected chi connectivity index (χ4v) is 2.28. The number of para-hydroxylation sites is 1. The van der Waals surface area contributed by atoms with Gasteiger partial charge in [0.1, 0.15) is 0 Å². The molecule has 0 aliphatic heterocycles. The van der Waals surface area contributed by atoms with E-state index in [4.69, 9.17) is 0 Å². The van der Waals surface area contributed by atoms with Crippen LogP contribution in [0.25, 0.3) is 0 Å². The van der Waals surface area contributed by atoms with Crippen molar-refractivity contribution in [3.05, 3.63) is 77.4 Å². The van der Waals surface area contributed by atoms with Crippen LogP contribution in [0.15, 0.2) is 55.1 Å². The van der Waals surface area contributed by atoms with Gasteiger partial charge in [0.2, 0.25) is 0 Å². The van der Waals surface area contributed by atoms with Crippen LogP contribution in [0.3, 0.4) is 0 Å². The zero-order chi connectivity index (χ0) is 14.5. The molecule has 20 heavy (non-hydrogen) atoms. The number of hydrogen-bond acceptors (Lipinski definition) is 1. The molecule has 0 radical (unpaired) electrons. The van der Waals surface area contributed by atoms with Crippen molar-refractivity contribution in [3.8, 4) is 0 Å². The number of nitrogens with one attached hydrogen (secondary N) is 1. The highest BCUT2D eigenvalue weighted by molar-refractivity contribution is 6.06. The minimum Gasteiger partial charge on any atom is -0.322 e. The van der Waals surface area contributed by atoms with Crippen LogP contribution in [0.4, 0.5) is 5.69 Å². The molecular formula is C18H19NO. The average molecular weight is 265 g/mol. The monoisotopic (exact) mass is 265 g/mol. The Morgan fingerprint density at radius 2 is 1.80 bits per heavy atom. The van der Waals surface area contributed by atoms with Crippen molar-refractivity contribution in [1.29, 1.82) is 0 Å². The second-order valence-electron chi connectivity index (χ2n) is 4.87. The topological polar surface area (TPSA) is 29.1 Å². The first-order valence-electron chi connectivity index (χ1n) is 6.70. The highest BCUT2D eigenvalue weighted by Crippen LogP contribution is 2.19. The molecule has 0 saturated heterocycles. The van der Waals surface area contributed by atoms with E-state index in [0.717, 1.165) is 27.9 Å². The van der Waals surface area contributed by atoms with Crippen LogP contribution in [0.2, 0.25) is 0 Å². The van der Waals surface area contributed by atoms with Crippen molar-refractivity contribution in [3.63, 3.8) is 0 Å². The molecule has 0 heterocycles. The average Bonchev–Trinajstić information content (AvgIpc) is 2.42. The first-order valence-corrected chi connectivity index (χ1v) is 6.70. The first-order chi connectivity index (χ1) is 9.63. The van der Waals surface area contributed by atoms with Gasteiger partial charge in [-0.2, -0.15) is 0 Å². The van der Waals surface area contributed by atoms with Gasteiger partial charge in [-0.3, -0.25) is 4.79 Å². The van der Waals surface area contributed by atoms with E-state index in [1.165, 1.54) is 0 Å². The summed E-state index contributed by atoms with van der Waals surface area (Å²) in [5, 5.41) is 2.99. The molecule has 0 atom stereocenters. The van der Waals surface area contributed by atoms with Gasteiger partial charge >= 0.3 is 0 Å². The Morgan fingerprint density at radius 1 is 1.10 bits per heavy atom. The number of allylic oxidation sites excluding steroid dienone is 1. The minimum atomic E-state index is -0.0609. The Morgan fingerprint density at radius 3 is 2.50 bits per heavy atom. The summed E-state index contributed by atoms with van der Waals surface area (Å²) in [5.41, 5.74) is 4.64. The molecule has 2 aromatic carbocycles. The number of rotatable bonds is 4. The van der Waals surface area contributed by atoms with E-state index in [1.807, 2.05) is 62.4 Å². The zero-order valence-corrected chi connectivity index (χ0v) is 11.9. The van der Waals surface area contributed by atoms with Crippen LogP contribution in [-0.2, 0) is 6.42 Å². The van der Waals surface area contributed by atoms with Crippen LogP contribution < -0.4 is 5.32 Å². The number of benzene rings is 2. The molecule has 0 unspecified atom stereocenters. The van der Waals surface area contributed by atoms with Crippen molar-refractivity contribution >= 4 is 11.6 Å². The number of amides is 1. The number of anilines is 1. The standard InChI is InChI=1S/C18H19NO/c1-4-8-15-11-7-10-14(3)17(15)18(20)19-16-12-6-5-9-13(16)2/h4-7,9-12H,1,8H2,2-3H3,(H,19,20). The summed E-state index contributed by atoms with van der Waals surface area (Å²) in [6.45, 7) is 7.69. The van der Waals surface area contributed by atoms with E-state index < -0.39 is 0 Å². The van der Waals surface area contributed by atoms with E-state index in [-0.39, 0.29) is 5.91 Å². The maximum absolute atomic E-state index is 12.5. The van der Waals surface area contributed by atoms with Gasteiger partial charge < -0.3 is 5.32 Å². The molecule has 2 aromatic rings. The molecule has 0 fully saturated rings. The van der Waals surface area contributed by atoms with Gasteiger partial charge in [0.25, 0.3) is 5.91 Å². The molecule has 1 N–H and O–H groups in total. The molecule has 0 bridgehead atoms. The Labute approximate surface area is 120 Å². The summed E-state index contributed by atoms with van der Waals surface area (Å²) < 4.78 is 0. The highest BCUT2D eigenvalue weighted by atomic mass is 16.1. The van der Waals surface area contributed by atoms with Crippen molar-refractivity contribution < 1.29 is 4.79 Å². The second kappa shape index (κ2) is 6.20. The van der Waals surface area contributed by atoms with Crippen LogP contribution in [0.5, 0.6) is 0 Å². The smallest absolute Gasteiger partial charge is 0.256 e.